The lowest BCUT2D eigenvalue weighted by atomic mass is 10.0. The van der Waals surface area contributed by atoms with Gasteiger partial charge < -0.3 is 14.6 Å². The number of ether oxygens (including phenoxy) is 1. The van der Waals surface area contributed by atoms with E-state index in [0.717, 1.165) is 22.7 Å². The fourth-order valence-electron chi connectivity index (χ4n) is 2.80. The number of aryl methyl sites for hydroxylation is 1. The Hall–Kier alpha value is -2.79. The Morgan fingerprint density at radius 1 is 1.27 bits per heavy atom. The first-order valence-corrected chi connectivity index (χ1v) is 8.60. The van der Waals surface area contributed by atoms with Crippen LogP contribution in [0.1, 0.15) is 23.0 Å². The number of imidazole rings is 1. The molecule has 1 unspecified atom stereocenters. The van der Waals surface area contributed by atoms with Crippen LogP contribution >= 0.6 is 11.6 Å². The van der Waals surface area contributed by atoms with Gasteiger partial charge in [-0.15, -0.1) is 0 Å². The minimum Gasteiger partial charge on any atom is -0.497 e. The summed E-state index contributed by atoms with van der Waals surface area (Å²) in [6, 6.07) is 14.6. The summed E-state index contributed by atoms with van der Waals surface area (Å²) in [6.45, 7) is 0. The molecule has 1 heterocycles. The number of nitrogens with one attached hydrogen (secondary N) is 1. The van der Waals surface area contributed by atoms with E-state index in [9.17, 15) is 4.79 Å². The molecule has 1 atom stereocenters. The van der Waals surface area contributed by atoms with Gasteiger partial charge in [0.15, 0.2) is 0 Å². The maximum absolute atomic E-state index is 12.7. The van der Waals surface area contributed by atoms with E-state index in [2.05, 4.69) is 10.3 Å². The van der Waals surface area contributed by atoms with Crippen molar-refractivity contribution in [3.05, 3.63) is 82.9 Å². The molecule has 0 spiro atoms. The molecule has 0 fully saturated rings. The molecular weight excluding hydrogens is 350 g/mol. The maximum atomic E-state index is 12.7. The highest BCUT2D eigenvalue weighted by Gasteiger charge is 2.21. The number of hydrogen-bond acceptors (Lipinski definition) is 3. The van der Waals surface area contributed by atoms with Crippen molar-refractivity contribution in [1.82, 2.24) is 14.9 Å². The second kappa shape index (κ2) is 8.06. The van der Waals surface area contributed by atoms with Crippen LogP contribution in [0.15, 0.2) is 60.9 Å². The summed E-state index contributed by atoms with van der Waals surface area (Å²) in [5, 5.41) is 3.65. The van der Waals surface area contributed by atoms with E-state index >= 15 is 0 Å². The van der Waals surface area contributed by atoms with Gasteiger partial charge in [0.1, 0.15) is 17.6 Å². The average Bonchev–Trinajstić information content (AvgIpc) is 3.07. The molecule has 1 amide bonds. The molecule has 0 aliphatic rings. The van der Waals surface area contributed by atoms with Crippen molar-refractivity contribution in [1.29, 1.82) is 0 Å². The second-order valence-corrected chi connectivity index (χ2v) is 6.35. The summed E-state index contributed by atoms with van der Waals surface area (Å²) in [5.41, 5.74) is 1.68. The summed E-state index contributed by atoms with van der Waals surface area (Å²) in [4.78, 5) is 17.1. The van der Waals surface area contributed by atoms with Gasteiger partial charge in [0.2, 0.25) is 5.91 Å². The van der Waals surface area contributed by atoms with Gasteiger partial charge in [0.05, 0.1) is 13.5 Å². The Morgan fingerprint density at radius 3 is 2.77 bits per heavy atom. The molecule has 134 valence electrons. The number of benzene rings is 2. The summed E-state index contributed by atoms with van der Waals surface area (Å²) in [5.74, 6) is 1.33. The van der Waals surface area contributed by atoms with E-state index in [0.29, 0.717) is 5.02 Å². The third-order valence-corrected chi connectivity index (χ3v) is 4.53. The smallest absolute Gasteiger partial charge is 0.225 e. The van der Waals surface area contributed by atoms with Crippen LogP contribution in [0.25, 0.3) is 0 Å². The Bertz CT molecular complexity index is 907. The Balaban J connectivity index is 1.88. The minimum absolute atomic E-state index is 0.131. The lowest BCUT2D eigenvalue weighted by Crippen LogP contribution is -2.32. The monoisotopic (exact) mass is 369 g/mol. The largest absolute Gasteiger partial charge is 0.497 e. The van der Waals surface area contributed by atoms with Gasteiger partial charge in [-0.2, -0.15) is 0 Å². The molecule has 0 aliphatic heterocycles. The molecule has 2 aromatic carbocycles. The SMILES string of the molecule is COc1cccc(C(NC(=O)Cc2ccccc2Cl)c2nccn2C)c1. The van der Waals surface area contributed by atoms with Crippen molar-refractivity contribution in [2.45, 2.75) is 12.5 Å². The first kappa shape index (κ1) is 18.0. The lowest BCUT2D eigenvalue weighted by molar-refractivity contribution is -0.121. The summed E-state index contributed by atoms with van der Waals surface area (Å²) in [7, 11) is 3.51. The molecule has 0 saturated heterocycles. The van der Waals surface area contributed by atoms with Gasteiger partial charge in [0, 0.05) is 24.5 Å². The van der Waals surface area contributed by atoms with E-state index in [-0.39, 0.29) is 18.4 Å². The number of hydrogen-bond donors (Lipinski definition) is 1. The Morgan fingerprint density at radius 2 is 2.08 bits per heavy atom. The van der Waals surface area contributed by atoms with Crippen LogP contribution < -0.4 is 10.1 Å². The number of rotatable bonds is 6. The zero-order valence-electron chi connectivity index (χ0n) is 14.6. The highest BCUT2D eigenvalue weighted by Crippen LogP contribution is 2.24. The van der Waals surface area contributed by atoms with Gasteiger partial charge >= 0.3 is 0 Å². The standard InChI is InChI=1S/C20H20ClN3O2/c1-24-11-10-22-20(24)19(15-7-5-8-16(12-15)26-2)23-18(25)13-14-6-3-4-9-17(14)21/h3-12,19H,13H2,1-2H3,(H,23,25). The van der Waals surface area contributed by atoms with E-state index < -0.39 is 0 Å². The number of nitrogens with zero attached hydrogens (tertiary/aromatic N) is 2. The third-order valence-electron chi connectivity index (χ3n) is 4.16. The van der Waals surface area contributed by atoms with Crippen LogP contribution in [0.4, 0.5) is 0 Å². The third kappa shape index (κ3) is 4.06. The molecule has 1 aromatic heterocycles. The predicted octanol–water partition coefficient (Wildman–Crippen LogP) is 3.53. The van der Waals surface area contributed by atoms with Gasteiger partial charge in [0.25, 0.3) is 0 Å². The summed E-state index contributed by atoms with van der Waals surface area (Å²) >= 11 is 6.17. The highest BCUT2D eigenvalue weighted by molar-refractivity contribution is 6.31. The van der Waals surface area contributed by atoms with Crippen LogP contribution in [0.2, 0.25) is 5.02 Å². The zero-order chi connectivity index (χ0) is 18.5. The van der Waals surface area contributed by atoms with Gasteiger partial charge in [-0.1, -0.05) is 41.9 Å². The Kier molecular flexibility index (Phi) is 5.58. The number of halogens is 1. The molecule has 3 rings (SSSR count). The van der Waals surface area contributed by atoms with E-state index in [1.807, 2.05) is 60.3 Å². The van der Waals surface area contributed by atoms with Crippen LogP contribution in [0.5, 0.6) is 5.75 Å². The lowest BCUT2D eigenvalue weighted by Gasteiger charge is -2.20. The van der Waals surface area contributed by atoms with Crippen molar-refractivity contribution in [2.24, 2.45) is 7.05 Å². The van der Waals surface area contributed by atoms with Crippen molar-refractivity contribution in [2.75, 3.05) is 7.11 Å². The number of methoxy groups -OCH3 is 1. The normalized spacial score (nSPS) is 11.8. The Labute approximate surface area is 157 Å². The number of amides is 1. The molecule has 3 aromatic rings. The molecular formula is C20H20ClN3O2. The second-order valence-electron chi connectivity index (χ2n) is 5.94. The number of aromatic nitrogens is 2. The quantitative estimate of drug-likeness (QED) is 0.723. The molecule has 0 saturated carbocycles. The van der Waals surface area contributed by atoms with Crippen molar-refractivity contribution in [3.8, 4) is 5.75 Å². The van der Waals surface area contributed by atoms with Crippen LogP contribution in [-0.4, -0.2) is 22.6 Å². The van der Waals surface area contributed by atoms with Crippen LogP contribution in [-0.2, 0) is 18.3 Å². The molecule has 0 bridgehead atoms. The van der Waals surface area contributed by atoms with Gasteiger partial charge in [-0.05, 0) is 29.3 Å². The van der Waals surface area contributed by atoms with E-state index in [4.69, 9.17) is 16.3 Å². The van der Waals surface area contributed by atoms with Gasteiger partial charge in [-0.25, -0.2) is 4.98 Å². The first-order chi connectivity index (χ1) is 12.6. The van der Waals surface area contributed by atoms with Crippen molar-refractivity contribution in [3.63, 3.8) is 0 Å². The fourth-order valence-corrected chi connectivity index (χ4v) is 3.00. The highest BCUT2D eigenvalue weighted by atomic mass is 35.5. The molecule has 6 heteroatoms. The van der Waals surface area contributed by atoms with E-state index in [1.165, 1.54) is 0 Å². The predicted molar refractivity (Wildman–Crippen MR) is 101 cm³/mol. The molecule has 1 N–H and O–H groups in total. The molecule has 26 heavy (non-hydrogen) atoms. The molecule has 0 radical (unpaired) electrons. The average molecular weight is 370 g/mol. The van der Waals surface area contributed by atoms with Crippen molar-refractivity contribution < 1.29 is 9.53 Å². The van der Waals surface area contributed by atoms with Gasteiger partial charge in [-0.3, -0.25) is 4.79 Å². The molecule has 5 nitrogen and oxygen atoms in total. The first-order valence-electron chi connectivity index (χ1n) is 8.22. The van der Waals surface area contributed by atoms with Crippen molar-refractivity contribution >= 4 is 17.5 Å². The summed E-state index contributed by atoms with van der Waals surface area (Å²) in [6.07, 6.45) is 3.76. The topological polar surface area (TPSA) is 56.1 Å². The number of carbonyl (C=O) groups is 1. The van der Waals surface area contributed by atoms with E-state index in [1.54, 1.807) is 19.4 Å². The van der Waals surface area contributed by atoms with Crippen LogP contribution in [0.3, 0.4) is 0 Å². The summed E-state index contributed by atoms with van der Waals surface area (Å²) < 4.78 is 7.20. The van der Waals surface area contributed by atoms with Crippen LogP contribution in [0, 0.1) is 0 Å². The zero-order valence-corrected chi connectivity index (χ0v) is 15.4. The maximum Gasteiger partial charge on any atom is 0.225 e. The minimum atomic E-state index is -0.389. The fraction of sp³-hybridized carbons (Fsp3) is 0.200. The number of carbonyl (C=O) groups excluding carboxylic acids is 1. The molecule has 0 aliphatic carbocycles.